The van der Waals surface area contributed by atoms with E-state index in [-0.39, 0.29) is 10.3 Å². The van der Waals surface area contributed by atoms with E-state index in [1.807, 2.05) is 32.9 Å². The molecule has 0 saturated heterocycles. The van der Waals surface area contributed by atoms with E-state index in [1.54, 1.807) is 0 Å². The van der Waals surface area contributed by atoms with Gasteiger partial charge in [-0.2, -0.15) is 12.6 Å². The summed E-state index contributed by atoms with van der Waals surface area (Å²) in [5, 5.41) is 0. The predicted octanol–water partition coefficient (Wildman–Crippen LogP) is 3.22. The Morgan fingerprint density at radius 2 is 1.56 bits per heavy atom. The molecular formula is C13H24O3SSi. The highest BCUT2D eigenvalue weighted by molar-refractivity contribution is 7.82. The molecule has 0 aliphatic heterocycles. The molecule has 0 fully saturated rings. The van der Waals surface area contributed by atoms with Crippen LogP contribution in [0.25, 0.3) is 0 Å². The maximum atomic E-state index is 5.95. The van der Waals surface area contributed by atoms with E-state index >= 15 is 0 Å². The van der Waals surface area contributed by atoms with Gasteiger partial charge in [0.2, 0.25) is 0 Å². The Kier molecular flexibility index (Phi) is 6.14. The van der Waals surface area contributed by atoms with Gasteiger partial charge in [-0.05, 0) is 27.7 Å². The second kappa shape index (κ2) is 6.91. The van der Waals surface area contributed by atoms with Crippen LogP contribution in [0.5, 0.6) is 0 Å². The molecule has 2 atom stereocenters. The van der Waals surface area contributed by atoms with Crippen LogP contribution in [-0.4, -0.2) is 33.4 Å². The molecule has 3 nitrogen and oxygen atoms in total. The molecule has 0 heterocycles. The molecule has 0 bridgehead atoms. The minimum atomic E-state index is -2.74. The molecule has 18 heavy (non-hydrogen) atoms. The first kappa shape index (κ1) is 16.0. The van der Waals surface area contributed by atoms with Crippen LogP contribution in [0.3, 0.4) is 0 Å². The van der Waals surface area contributed by atoms with Gasteiger partial charge in [-0.25, -0.2) is 0 Å². The highest BCUT2D eigenvalue weighted by Gasteiger charge is 2.54. The summed E-state index contributed by atoms with van der Waals surface area (Å²) in [5.74, 6) is 0. The lowest BCUT2D eigenvalue weighted by Gasteiger charge is -2.41. The SMILES string of the molecule is CCO[Si](OCC)(OCC)C1C=CC=CC1(C)S. The van der Waals surface area contributed by atoms with Gasteiger partial charge in [-0.15, -0.1) is 0 Å². The molecule has 0 saturated carbocycles. The molecule has 0 aromatic carbocycles. The first-order chi connectivity index (χ1) is 8.52. The van der Waals surface area contributed by atoms with E-state index in [0.717, 1.165) is 0 Å². The number of hydrogen-bond donors (Lipinski definition) is 1. The second-order valence-corrected chi connectivity index (χ2v) is 8.01. The van der Waals surface area contributed by atoms with E-state index in [1.165, 1.54) is 0 Å². The van der Waals surface area contributed by atoms with Crippen molar-refractivity contribution in [1.29, 1.82) is 0 Å². The maximum Gasteiger partial charge on any atom is 0.509 e. The Morgan fingerprint density at radius 1 is 1.06 bits per heavy atom. The van der Waals surface area contributed by atoms with Gasteiger partial charge in [0.15, 0.2) is 0 Å². The van der Waals surface area contributed by atoms with E-state index in [0.29, 0.717) is 19.8 Å². The zero-order valence-electron chi connectivity index (χ0n) is 11.7. The lowest BCUT2D eigenvalue weighted by Crippen LogP contribution is -2.55. The van der Waals surface area contributed by atoms with Gasteiger partial charge in [0.05, 0.1) is 5.54 Å². The standard InChI is InChI=1S/C13H24O3SSi/c1-5-14-18(15-6-2,16-7-3)12-10-8-9-11-13(12,4)17/h8-12,17H,5-7H2,1-4H3. The van der Waals surface area contributed by atoms with Gasteiger partial charge in [-0.3, -0.25) is 0 Å². The monoisotopic (exact) mass is 288 g/mol. The summed E-state index contributed by atoms with van der Waals surface area (Å²) in [7, 11) is -2.74. The van der Waals surface area contributed by atoms with Crippen molar-refractivity contribution in [3.8, 4) is 0 Å². The molecule has 1 aliphatic carbocycles. The van der Waals surface area contributed by atoms with Crippen molar-refractivity contribution >= 4 is 21.4 Å². The van der Waals surface area contributed by atoms with Gasteiger partial charge in [0.1, 0.15) is 0 Å². The van der Waals surface area contributed by atoms with Crippen LogP contribution in [0.1, 0.15) is 27.7 Å². The smallest absolute Gasteiger partial charge is 0.373 e. The van der Waals surface area contributed by atoms with Crippen LogP contribution in [0.15, 0.2) is 24.3 Å². The van der Waals surface area contributed by atoms with E-state index < -0.39 is 8.80 Å². The molecule has 0 spiro atoms. The van der Waals surface area contributed by atoms with Gasteiger partial charge < -0.3 is 13.3 Å². The Hall–Kier alpha value is -0.0731. The minimum Gasteiger partial charge on any atom is -0.373 e. The highest BCUT2D eigenvalue weighted by atomic mass is 32.1. The molecule has 104 valence electrons. The summed E-state index contributed by atoms with van der Waals surface area (Å²) in [6.07, 6.45) is 8.19. The molecule has 2 unspecified atom stereocenters. The summed E-state index contributed by atoms with van der Waals surface area (Å²) >= 11 is 4.74. The van der Waals surface area contributed by atoms with Crippen molar-refractivity contribution in [2.75, 3.05) is 19.8 Å². The van der Waals surface area contributed by atoms with Crippen LogP contribution in [0.4, 0.5) is 0 Å². The fourth-order valence-corrected chi connectivity index (χ4v) is 6.00. The Bertz CT molecular complexity index is 298. The summed E-state index contributed by atoms with van der Waals surface area (Å²) in [6.45, 7) is 9.74. The summed E-state index contributed by atoms with van der Waals surface area (Å²) < 4.78 is 17.5. The Morgan fingerprint density at radius 3 is 1.94 bits per heavy atom. The minimum absolute atomic E-state index is 0.0400. The third kappa shape index (κ3) is 3.48. The first-order valence-corrected chi connectivity index (χ1v) is 8.77. The third-order valence-corrected chi connectivity index (χ3v) is 7.19. The predicted molar refractivity (Wildman–Crippen MR) is 80.1 cm³/mol. The molecule has 0 aromatic rings. The third-order valence-electron chi connectivity index (χ3n) is 2.90. The number of allylic oxidation sites excluding steroid dienone is 3. The quantitative estimate of drug-likeness (QED) is 0.576. The van der Waals surface area contributed by atoms with E-state index in [2.05, 4.69) is 19.1 Å². The fourth-order valence-electron chi connectivity index (χ4n) is 2.20. The van der Waals surface area contributed by atoms with Crippen LogP contribution in [-0.2, 0) is 13.3 Å². The molecule has 1 rings (SSSR count). The average Bonchev–Trinajstić information content (AvgIpc) is 2.29. The second-order valence-electron chi connectivity index (χ2n) is 4.35. The van der Waals surface area contributed by atoms with Crippen LogP contribution in [0, 0.1) is 0 Å². The molecule has 0 N–H and O–H groups in total. The van der Waals surface area contributed by atoms with Gasteiger partial charge in [0.25, 0.3) is 0 Å². The average molecular weight is 288 g/mol. The number of rotatable bonds is 7. The topological polar surface area (TPSA) is 27.7 Å². The molecule has 5 heteroatoms. The normalized spacial score (nSPS) is 27.7. The van der Waals surface area contributed by atoms with Crippen molar-refractivity contribution < 1.29 is 13.3 Å². The molecule has 0 amide bonds. The van der Waals surface area contributed by atoms with Crippen molar-refractivity contribution in [1.82, 2.24) is 0 Å². The van der Waals surface area contributed by atoms with Crippen molar-refractivity contribution in [3.63, 3.8) is 0 Å². The molecular weight excluding hydrogens is 264 g/mol. The van der Waals surface area contributed by atoms with E-state index in [9.17, 15) is 0 Å². The molecule has 1 aliphatic rings. The van der Waals surface area contributed by atoms with E-state index in [4.69, 9.17) is 25.9 Å². The van der Waals surface area contributed by atoms with Crippen LogP contribution >= 0.6 is 12.6 Å². The maximum absolute atomic E-state index is 5.95. The van der Waals surface area contributed by atoms with Gasteiger partial charge >= 0.3 is 8.80 Å². The van der Waals surface area contributed by atoms with Crippen molar-refractivity contribution in [3.05, 3.63) is 24.3 Å². The zero-order chi connectivity index (χ0) is 13.6. The Balaban J connectivity index is 3.06. The molecule has 0 radical (unpaired) electrons. The summed E-state index contributed by atoms with van der Waals surface area (Å²) in [4.78, 5) is 0. The lowest BCUT2D eigenvalue weighted by atomic mass is 10.0. The molecule has 0 aromatic heterocycles. The fraction of sp³-hybridized carbons (Fsp3) is 0.692. The summed E-state index contributed by atoms with van der Waals surface area (Å²) in [5.41, 5.74) is 0.0400. The van der Waals surface area contributed by atoms with Gasteiger partial charge in [0, 0.05) is 24.6 Å². The van der Waals surface area contributed by atoms with Gasteiger partial charge in [-0.1, -0.05) is 24.3 Å². The Labute approximate surface area is 117 Å². The van der Waals surface area contributed by atoms with Crippen molar-refractivity contribution in [2.45, 2.75) is 38.0 Å². The highest BCUT2D eigenvalue weighted by Crippen LogP contribution is 2.43. The largest absolute Gasteiger partial charge is 0.509 e. The zero-order valence-corrected chi connectivity index (χ0v) is 13.6. The summed E-state index contributed by atoms with van der Waals surface area (Å²) in [6, 6.07) is 0. The first-order valence-electron chi connectivity index (χ1n) is 6.52. The number of hydrogen-bond acceptors (Lipinski definition) is 4. The number of thiol groups is 1. The van der Waals surface area contributed by atoms with Crippen LogP contribution in [0.2, 0.25) is 5.54 Å². The van der Waals surface area contributed by atoms with Crippen molar-refractivity contribution in [2.24, 2.45) is 0 Å². The lowest BCUT2D eigenvalue weighted by molar-refractivity contribution is 0.0633. The van der Waals surface area contributed by atoms with Crippen LogP contribution < -0.4 is 0 Å².